The number of carbonyl (C=O) groups excluding carboxylic acids is 1. The van der Waals surface area contributed by atoms with E-state index < -0.39 is 5.97 Å². The first-order chi connectivity index (χ1) is 17.8. The maximum atomic E-state index is 14.8. The molecule has 0 aliphatic rings. The van der Waals surface area contributed by atoms with Gasteiger partial charge in [-0.3, -0.25) is 9.59 Å². The third-order valence-corrected chi connectivity index (χ3v) is 7.06. The number of fused-ring (bicyclic) bond motifs is 1. The van der Waals surface area contributed by atoms with Crippen LogP contribution in [0.2, 0.25) is 5.02 Å². The maximum absolute atomic E-state index is 14.8. The molecular formula is C30H30ClFN2O3. The molecule has 1 amide bonds. The lowest BCUT2D eigenvalue weighted by atomic mass is 9.73. The topological polar surface area (TPSA) is 82.2 Å². The molecule has 3 aromatic carbocycles. The van der Waals surface area contributed by atoms with E-state index in [-0.39, 0.29) is 36.5 Å². The largest absolute Gasteiger partial charge is 0.481 e. The van der Waals surface area contributed by atoms with Gasteiger partial charge in [-0.25, -0.2) is 4.39 Å². The lowest BCUT2D eigenvalue weighted by Crippen LogP contribution is -2.26. The summed E-state index contributed by atoms with van der Waals surface area (Å²) in [6.07, 6.45) is 3.45. The minimum atomic E-state index is -0.959. The van der Waals surface area contributed by atoms with E-state index >= 15 is 0 Å². The van der Waals surface area contributed by atoms with Gasteiger partial charge in [-0.05, 0) is 77.9 Å². The summed E-state index contributed by atoms with van der Waals surface area (Å²) in [5.41, 5.74) is 5.04. The molecule has 0 fully saturated rings. The van der Waals surface area contributed by atoms with E-state index in [1.807, 2.05) is 49.4 Å². The van der Waals surface area contributed by atoms with Crippen molar-refractivity contribution < 1.29 is 19.1 Å². The highest BCUT2D eigenvalue weighted by atomic mass is 35.5. The lowest BCUT2D eigenvalue weighted by Gasteiger charge is -2.31. The van der Waals surface area contributed by atoms with Gasteiger partial charge in [0, 0.05) is 34.6 Å². The smallest absolute Gasteiger partial charge is 0.305 e. The molecule has 4 aromatic rings. The van der Waals surface area contributed by atoms with Crippen molar-refractivity contribution in [1.29, 1.82) is 0 Å². The van der Waals surface area contributed by atoms with Crippen molar-refractivity contribution in [3.63, 3.8) is 0 Å². The van der Waals surface area contributed by atoms with Crippen LogP contribution < -0.4 is 5.32 Å². The van der Waals surface area contributed by atoms with Crippen LogP contribution in [0.4, 0.5) is 4.39 Å². The third kappa shape index (κ3) is 5.86. The molecular weight excluding hydrogens is 491 g/mol. The highest BCUT2D eigenvalue weighted by Gasteiger charge is 2.30. The standard InChI is InChI=1S/C30H30ClFN2O3/c1-3-4-23(19-5-7-21(8-6-19)30(37)34-16-14-26(35)36)28(20-9-11-22(31)12-10-20)27-18(2)17-25(32)29-24(27)13-15-33-29/h5-13,15,17,23,28,33H,3-4,14,16H2,1-2H3,(H,34,37)(H,35,36)/t23-,28+/m1/s1. The Morgan fingerprint density at radius 3 is 2.38 bits per heavy atom. The summed E-state index contributed by atoms with van der Waals surface area (Å²) < 4.78 is 14.8. The van der Waals surface area contributed by atoms with Crippen LogP contribution in [0.5, 0.6) is 0 Å². The van der Waals surface area contributed by atoms with E-state index in [2.05, 4.69) is 17.2 Å². The van der Waals surface area contributed by atoms with Crippen LogP contribution in [-0.2, 0) is 4.79 Å². The molecule has 0 unspecified atom stereocenters. The van der Waals surface area contributed by atoms with Crippen LogP contribution >= 0.6 is 11.6 Å². The molecule has 5 nitrogen and oxygen atoms in total. The fourth-order valence-corrected chi connectivity index (χ4v) is 5.26. The number of nitrogens with one attached hydrogen (secondary N) is 2. The fourth-order valence-electron chi connectivity index (χ4n) is 5.13. The first kappa shape index (κ1) is 26.4. The fraction of sp³-hybridized carbons (Fsp3) is 0.267. The SMILES string of the molecule is CCC[C@H](c1ccc(C(=O)NCCC(=O)O)cc1)[C@H](c1ccc(Cl)cc1)c1c(C)cc(F)c2[nH]ccc12. The summed E-state index contributed by atoms with van der Waals surface area (Å²) >= 11 is 6.23. The molecule has 37 heavy (non-hydrogen) atoms. The zero-order chi connectivity index (χ0) is 26.5. The molecule has 0 aliphatic heterocycles. The molecule has 0 radical (unpaired) electrons. The van der Waals surface area contributed by atoms with E-state index in [1.165, 1.54) is 0 Å². The Kier molecular flexibility index (Phi) is 8.29. The number of hydrogen-bond donors (Lipinski definition) is 3. The van der Waals surface area contributed by atoms with E-state index in [0.29, 0.717) is 16.1 Å². The molecule has 7 heteroatoms. The molecule has 2 atom stereocenters. The van der Waals surface area contributed by atoms with Gasteiger partial charge >= 0.3 is 5.97 Å². The van der Waals surface area contributed by atoms with Crippen molar-refractivity contribution in [2.45, 2.75) is 44.9 Å². The van der Waals surface area contributed by atoms with Crippen molar-refractivity contribution in [2.24, 2.45) is 0 Å². The molecule has 192 valence electrons. The number of hydrogen-bond acceptors (Lipinski definition) is 2. The molecule has 3 N–H and O–H groups in total. The molecule has 4 rings (SSSR count). The van der Waals surface area contributed by atoms with Crippen LogP contribution in [-0.4, -0.2) is 28.5 Å². The van der Waals surface area contributed by atoms with Crippen LogP contribution in [0, 0.1) is 12.7 Å². The van der Waals surface area contributed by atoms with Crippen LogP contribution in [0.15, 0.2) is 66.9 Å². The van der Waals surface area contributed by atoms with Crippen molar-refractivity contribution in [3.8, 4) is 0 Å². The zero-order valence-corrected chi connectivity index (χ0v) is 21.6. The van der Waals surface area contributed by atoms with Crippen molar-refractivity contribution in [2.75, 3.05) is 6.54 Å². The van der Waals surface area contributed by atoms with Gasteiger partial charge in [-0.1, -0.05) is 49.2 Å². The van der Waals surface area contributed by atoms with E-state index in [1.54, 1.807) is 24.4 Å². The second kappa shape index (κ2) is 11.6. The molecule has 1 heterocycles. The van der Waals surface area contributed by atoms with E-state index in [9.17, 15) is 14.0 Å². The molecule has 0 saturated carbocycles. The quantitative estimate of drug-likeness (QED) is 0.207. The number of amides is 1. The normalized spacial score (nSPS) is 12.9. The van der Waals surface area contributed by atoms with Gasteiger partial charge in [0.2, 0.25) is 0 Å². The van der Waals surface area contributed by atoms with Gasteiger partial charge in [0.15, 0.2) is 0 Å². The molecule has 0 spiro atoms. The van der Waals surface area contributed by atoms with Crippen LogP contribution in [0.3, 0.4) is 0 Å². The highest BCUT2D eigenvalue weighted by molar-refractivity contribution is 6.30. The molecule has 1 aromatic heterocycles. The van der Waals surface area contributed by atoms with Crippen molar-refractivity contribution in [1.82, 2.24) is 10.3 Å². The van der Waals surface area contributed by atoms with Gasteiger partial charge in [0.05, 0.1) is 11.9 Å². The number of benzene rings is 3. The number of H-pyrrole nitrogens is 1. The lowest BCUT2D eigenvalue weighted by molar-refractivity contribution is -0.136. The molecule has 0 aliphatic carbocycles. The summed E-state index contributed by atoms with van der Waals surface area (Å²) in [5, 5.41) is 13.0. The Balaban J connectivity index is 1.78. The van der Waals surface area contributed by atoms with Crippen LogP contribution in [0.1, 0.15) is 70.6 Å². The molecule has 0 saturated heterocycles. The Morgan fingerprint density at radius 2 is 1.73 bits per heavy atom. The summed E-state index contributed by atoms with van der Waals surface area (Å²) in [7, 11) is 0. The van der Waals surface area contributed by atoms with Gasteiger partial charge in [-0.15, -0.1) is 0 Å². The van der Waals surface area contributed by atoms with Gasteiger partial charge in [-0.2, -0.15) is 0 Å². The first-order valence-electron chi connectivity index (χ1n) is 12.4. The number of carboxylic acids is 1. The minimum absolute atomic E-state index is 0.0533. The van der Waals surface area contributed by atoms with E-state index in [0.717, 1.165) is 40.5 Å². The van der Waals surface area contributed by atoms with Gasteiger partial charge in [0.1, 0.15) is 5.82 Å². The van der Waals surface area contributed by atoms with Gasteiger partial charge in [0.25, 0.3) is 5.91 Å². The number of carbonyl (C=O) groups is 2. The second-order valence-electron chi connectivity index (χ2n) is 9.30. The minimum Gasteiger partial charge on any atom is -0.481 e. The first-order valence-corrected chi connectivity index (χ1v) is 12.8. The maximum Gasteiger partial charge on any atom is 0.305 e. The van der Waals surface area contributed by atoms with E-state index in [4.69, 9.17) is 16.7 Å². The Labute approximate surface area is 220 Å². The number of rotatable bonds is 10. The van der Waals surface area contributed by atoms with Gasteiger partial charge < -0.3 is 15.4 Å². The van der Waals surface area contributed by atoms with Crippen molar-refractivity contribution >= 4 is 34.4 Å². The zero-order valence-electron chi connectivity index (χ0n) is 20.9. The van der Waals surface area contributed by atoms with Crippen molar-refractivity contribution in [3.05, 3.63) is 106 Å². The number of aromatic nitrogens is 1. The Bertz CT molecular complexity index is 1400. The summed E-state index contributed by atoms with van der Waals surface area (Å²) in [5.74, 6) is -1.57. The second-order valence-corrected chi connectivity index (χ2v) is 9.74. The number of aromatic amines is 1. The average molecular weight is 521 g/mol. The highest BCUT2D eigenvalue weighted by Crippen LogP contribution is 2.45. The predicted molar refractivity (Wildman–Crippen MR) is 145 cm³/mol. The predicted octanol–water partition coefficient (Wildman–Crippen LogP) is 7.19. The average Bonchev–Trinajstić information content (AvgIpc) is 3.36. The summed E-state index contributed by atoms with van der Waals surface area (Å²) in [6.45, 7) is 4.16. The Morgan fingerprint density at radius 1 is 1.05 bits per heavy atom. The summed E-state index contributed by atoms with van der Waals surface area (Å²) in [4.78, 5) is 26.3. The number of aliphatic carboxylic acids is 1. The summed E-state index contributed by atoms with van der Waals surface area (Å²) in [6, 6.07) is 18.8. The Hall–Kier alpha value is -3.64. The third-order valence-electron chi connectivity index (χ3n) is 6.81. The molecule has 0 bridgehead atoms. The number of halogens is 2. The number of carboxylic acid groups (broad SMARTS) is 1. The number of aryl methyl sites for hydroxylation is 1. The monoisotopic (exact) mass is 520 g/mol. The van der Waals surface area contributed by atoms with Crippen LogP contribution in [0.25, 0.3) is 10.9 Å².